The van der Waals surface area contributed by atoms with E-state index in [1.165, 1.54) is 42.5 Å². The number of carboxylic acid groups (broad SMARTS) is 1. The highest BCUT2D eigenvalue weighted by Crippen LogP contribution is 2.42. The first-order valence-electron chi connectivity index (χ1n) is 15.2. The second-order valence-corrected chi connectivity index (χ2v) is 12.3. The van der Waals surface area contributed by atoms with E-state index in [0.29, 0.717) is 18.7 Å². The van der Waals surface area contributed by atoms with Gasteiger partial charge in [-0.05, 0) is 60.2 Å². The third-order valence-corrected chi connectivity index (χ3v) is 8.69. The lowest BCUT2D eigenvalue weighted by Gasteiger charge is -2.47. The van der Waals surface area contributed by atoms with Crippen LogP contribution in [-0.4, -0.2) is 105 Å². The summed E-state index contributed by atoms with van der Waals surface area (Å²) >= 11 is 0. The Kier molecular flexibility index (Phi) is 9.89. The molecule has 7 atom stereocenters. The van der Waals surface area contributed by atoms with E-state index < -0.39 is 48.2 Å². The van der Waals surface area contributed by atoms with Crippen LogP contribution in [0, 0.1) is 11.8 Å². The Bertz CT molecular complexity index is 1590. The molecule has 1 fully saturated rings. The molecule has 47 heavy (non-hydrogen) atoms. The Morgan fingerprint density at radius 1 is 1.15 bits per heavy atom. The Balaban J connectivity index is 1.41. The molecule has 252 valence electrons. The van der Waals surface area contributed by atoms with Crippen LogP contribution in [0.1, 0.15) is 31.4 Å². The van der Waals surface area contributed by atoms with Gasteiger partial charge in [0, 0.05) is 18.8 Å². The van der Waals surface area contributed by atoms with Crippen molar-refractivity contribution < 1.29 is 54.4 Å². The number of benzene rings is 2. The molecule has 0 spiro atoms. The zero-order valence-electron chi connectivity index (χ0n) is 25.8. The van der Waals surface area contributed by atoms with Crippen LogP contribution < -0.4 is 20.5 Å². The van der Waals surface area contributed by atoms with E-state index in [4.69, 9.17) is 19.9 Å². The quantitative estimate of drug-likeness (QED) is 0.160. The van der Waals surface area contributed by atoms with E-state index in [1.807, 2.05) is 12.3 Å². The van der Waals surface area contributed by atoms with Crippen molar-refractivity contribution in [1.82, 2.24) is 5.32 Å². The van der Waals surface area contributed by atoms with Crippen LogP contribution >= 0.6 is 0 Å². The van der Waals surface area contributed by atoms with Crippen molar-refractivity contribution in [1.29, 1.82) is 0 Å². The number of nitrogens with zero attached hydrogens (tertiary/aromatic N) is 1. The molecule has 0 bridgehead atoms. The lowest BCUT2D eigenvalue weighted by atomic mass is 9.85. The zero-order chi connectivity index (χ0) is 34.0. The molecule has 2 aromatic rings. The number of allylic oxidation sites excluding steroid dienone is 1. The lowest BCUT2D eigenvalue weighted by Crippen LogP contribution is -2.71. The van der Waals surface area contributed by atoms with Crippen LogP contribution in [0.25, 0.3) is 11.3 Å². The Morgan fingerprint density at radius 3 is 2.49 bits per heavy atom. The minimum atomic E-state index is -2.33. The number of aliphatic imine (C=N–C) groups is 1. The third-order valence-electron chi connectivity index (χ3n) is 8.69. The zero-order valence-corrected chi connectivity index (χ0v) is 25.8. The van der Waals surface area contributed by atoms with Crippen LogP contribution in [-0.2, 0) is 14.3 Å². The molecular formula is C33H39N3O11. The number of fused-ring (bicyclic) bond motifs is 1. The van der Waals surface area contributed by atoms with Crippen LogP contribution in [0.3, 0.4) is 0 Å². The molecule has 1 saturated heterocycles. The van der Waals surface area contributed by atoms with Crippen LogP contribution in [0.15, 0.2) is 59.1 Å². The molecule has 1 amide bonds. The molecule has 2 aromatic carbocycles. The molecular weight excluding hydrogens is 614 g/mol. The molecule has 9 N–H and O–H groups in total. The first-order valence-corrected chi connectivity index (χ1v) is 15.2. The number of carboxylic acids is 1. The van der Waals surface area contributed by atoms with Gasteiger partial charge in [-0.3, -0.25) is 9.79 Å². The summed E-state index contributed by atoms with van der Waals surface area (Å²) < 4.78 is 17.3. The number of carbonyl (C=O) groups excluding carboxylic acids is 1. The average molecular weight is 654 g/mol. The fourth-order valence-electron chi connectivity index (χ4n) is 5.86. The number of amides is 1. The second kappa shape index (κ2) is 13.7. The number of primary amides is 1. The number of aromatic hydroxyl groups is 1. The van der Waals surface area contributed by atoms with Gasteiger partial charge in [-0.25, -0.2) is 4.79 Å². The summed E-state index contributed by atoms with van der Waals surface area (Å²) in [5, 5.41) is 67.0. The first kappa shape index (κ1) is 33.9. The molecule has 3 aliphatic rings. The summed E-state index contributed by atoms with van der Waals surface area (Å²) in [4.78, 5) is 28.5. The van der Waals surface area contributed by atoms with E-state index >= 15 is 0 Å². The largest absolute Gasteiger partial charge is 0.508 e. The number of hydrogen-bond donors (Lipinski definition) is 8. The van der Waals surface area contributed by atoms with Gasteiger partial charge in [-0.2, -0.15) is 0 Å². The highest BCUT2D eigenvalue weighted by Gasteiger charge is 2.58. The number of phenols is 1. The summed E-state index contributed by atoms with van der Waals surface area (Å²) in [7, 11) is 0. The standard InChI is InChI=1S/C33H39N3O11/c1-16(2)19(11-17-9-10-35-13-17)14-36-15-33(44)29(40)26(39)28(31(42)43)47-32(33)45-21-7-8-22-23(12-21)46-27(30(34)41)24(25(22)38)18-3-5-20(37)6-4-18/h3-9,12-13,16,19,26-29,32,36-40,44H,10-11,14-15H2,1-2H3,(H2,34,41)(H,42,43). The number of aliphatic hydroxyl groups excluding tert-OH is 3. The topological polar surface area (TPSA) is 234 Å². The van der Waals surface area contributed by atoms with Gasteiger partial charge < -0.3 is 55.9 Å². The SMILES string of the molecule is CC(C)C(CNCC1(O)C(Oc2ccc3c(c2)OC(C(N)=O)C(c2ccc(O)cc2)=C3O)OC(C(=O)O)C(O)C1O)CC1=CCN=C1. The molecule has 0 aromatic heterocycles. The molecule has 5 rings (SSSR count). The predicted molar refractivity (Wildman–Crippen MR) is 169 cm³/mol. The Morgan fingerprint density at radius 2 is 1.87 bits per heavy atom. The van der Waals surface area contributed by atoms with Crippen molar-refractivity contribution in [3.63, 3.8) is 0 Å². The summed E-state index contributed by atoms with van der Waals surface area (Å²) in [5.41, 5.74) is 4.99. The normalized spacial score (nSPS) is 27.6. The summed E-state index contributed by atoms with van der Waals surface area (Å²) in [5.74, 6) is -2.54. The fourth-order valence-corrected chi connectivity index (χ4v) is 5.86. The molecule has 3 aliphatic heterocycles. The van der Waals surface area contributed by atoms with Gasteiger partial charge >= 0.3 is 5.97 Å². The number of nitrogens with one attached hydrogen (secondary N) is 1. The minimum Gasteiger partial charge on any atom is -0.508 e. The third kappa shape index (κ3) is 6.96. The van der Waals surface area contributed by atoms with E-state index in [2.05, 4.69) is 24.2 Å². The van der Waals surface area contributed by atoms with Crippen LogP contribution in [0.5, 0.6) is 17.2 Å². The van der Waals surface area contributed by atoms with Crippen LogP contribution in [0.4, 0.5) is 0 Å². The monoisotopic (exact) mass is 653 g/mol. The maximum atomic E-state index is 12.4. The number of phenolic OH excluding ortho intramolecular Hbond substituents is 1. The van der Waals surface area contributed by atoms with Crippen LogP contribution in [0.2, 0.25) is 0 Å². The van der Waals surface area contributed by atoms with Gasteiger partial charge in [0.25, 0.3) is 5.91 Å². The van der Waals surface area contributed by atoms with Crippen molar-refractivity contribution in [2.24, 2.45) is 22.6 Å². The molecule has 0 aliphatic carbocycles. The molecule has 3 heterocycles. The molecule has 14 heteroatoms. The van der Waals surface area contributed by atoms with Gasteiger partial charge in [0.15, 0.2) is 11.7 Å². The van der Waals surface area contributed by atoms with Crippen molar-refractivity contribution in [2.45, 2.75) is 56.6 Å². The minimum absolute atomic E-state index is 0.0243. The number of rotatable bonds is 12. The van der Waals surface area contributed by atoms with Gasteiger partial charge in [0.1, 0.15) is 35.2 Å². The maximum absolute atomic E-state index is 12.4. The molecule has 0 radical (unpaired) electrons. The fraction of sp³-hybridized carbons (Fsp3) is 0.424. The van der Waals surface area contributed by atoms with Crippen molar-refractivity contribution >= 4 is 29.4 Å². The maximum Gasteiger partial charge on any atom is 0.335 e. The van der Waals surface area contributed by atoms with E-state index in [9.17, 15) is 40.2 Å². The number of ether oxygens (including phenoxy) is 3. The number of nitrogens with two attached hydrogens (primary N) is 1. The van der Waals surface area contributed by atoms with Crippen molar-refractivity contribution in [3.05, 3.63) is 65.2 Å². The van der Waals surface area contributed by atoms with E-state index in [1.54, 1.807) is 0 Å². The van der Waals surface area contributed by atoms with Gasteiger partial charge in [0.2, 0.25) is 12.4 Å². The van der Waals surface area contributed by atoms with E-state index in [-0.39, 0.29) is 52.5 Å². The van der Waals surface area contributed by atoms with Gasteiger partial charge in [-0.1, -0.05) is 32.1 Å². The number of hydrogen-bond acceptors (Lipinski definition) is 12. The van der Waals surface area contributed by atoms with Gasteiger partial charge in [-0.15, -0.1) is 0 Å². The predicted octanol–water partition coefficient (Wildman–Crippen LogP) is 0.969. The Hall–Kier alpha value is -4.47. The summed E-state index contributed by atoms with van der Waals surface area (Å²) in [6.07, 6.45) is -4.55. The van der Waals surface area contributed by atoms with Crippen molar-refractivity contribution in [2.75, 3.05) is 19.6 Å². The number of carbonyl (C=O) groups is 2. The highest BCUT2D eigenvalue weighted by atomic mass is 16.7. The number of aliphatic hydroxyl groups is 4. The highest BCUT2D eigenvalue weighted by molar-refractivity contribution is 6.03. The lowest BCUT2D eigenvalue weighted by molar-refractivity contribution is -0.311. The van der Waals surface area contributed by atoms with E-state index in [0.717, 1.165) is 12.0 Å². The molecule has 0 saturated carbocycles. The molecule has 14 nitrogen and oxygen atoms in total. The smallest absolute Gasteiger partial charge is 0.335 e. The average Bonchev–Trinajstić information content (AvgIpc) is 3.54. The summed E-state index contributed by atoms with van der Waals surface area (Å²) in [6, 6.07) is 9.80. The molecule has 7 unspecified atom stereocenters. The first-order chi connectivity index (χ1) is 22.3. The summed E-state index contributed by atoms with van der Waals surface area (Å²) in [6.45, 7) is 4.80. The number of aliphatic carboxylic acids is 1. The second-order valence-electron chi connectivity index (χ2n) is 12.3. The van der Waals surface area contributed by atoms with Gasteiger partial charge in [0.05, 0.1) is 17.7 Å². The van der Waals surface area contributed by atoms with Crippen molar-refractivity contribution in [3.8, 4) is 17.2 Å². The Labute approximate surface area is 270 Å².